The Morgan fingerprint density at radius 3 is 2.17 bits per heavy atom. The number of nitrogens with zero attached hydrogens (tertiary/aromatic N) is 2. The zero-order valence-corrected chi connectivity index (χ0v) is 17.5. The molecule has 0 N–H and O–H groups in total. The molecule has 0 aliphatic rings. The van der Waals surface area contributed by atoms with E-state index in [0.29, 0.717) is 5.92 Å². The molecule has 1 atom stereocenters. The molecule has 0 aliphatic heterocycles. The van der Waals surface area contributed by atoms with E-state index in [1.807, 2.05) is 0 Å². The van der Waals surface area contributed by atoms with Gasteiger partial charge in [-0.2, -0.15) is 0 Å². The van der Waals surface area contributed by atoms with Crippen LogP contribution in [0.4, 0.5) is 0 Å². The van der Waals surface area contributed by atoms with Gasteiger partial charge in [0.15, 0.2) is 0 Å². The number of hydrogen-bond acceptors (Lipinski definition) is 2. The Morgan fingerprint density at radius 2 is 1.48 bits per heavy atom. The van der Waals surface area contributed by atoms with Crippen molar-refractivity contribution in [3.63, 3.8) is 0 Å². The maximum atomic E-state index is 4.80. The average molecular weight is 381 g/mol. The van der Waals surface area contributed by atoms with Crippen molar-refractivity contribution in [3.05, 3.63) is 102 Å². The lowest BCUT2D eigenvalue weighted by molar-refractivity contribution is 0.390. The maximum Gasteiger partial charge on any atom is 0.0711 e. The number of pyridine rings is 1. The molecule has 0 saturated carbocycles. The normalized spacial score (nSPS) is 12.4. The Morgan fingerprint density at radius 1 is 0.793 bits per heavy atom. The molecule has 3 aromatic carbocycles. The van der Waals surface area contributed by atoms with E-state index in [2.05, 4.69) is 111 Å². The number of aryl methyl sites for hydroxylation is 1. The zero-order chi connectivity index (χ0) is 20.2. The van der Waals surface area contributed by atoms with Crippen LogP contribution in [-0.4, -0.2) is 30.5 Å². The number of benzene rings is 3. The molecule has 0 fully saturated rings. The number of aromatic nitrogens is 1. The van der Waals surface area contributed by atoms with Crippen molar-refractivity contribution in [2.24, 2.45) is 0 Å². The van der Waals surface area contributed by atoms with Crippen molar-refractivity contribution in [1.82, 2.24) is 9.88 Å². The van der Waals surface area contributed by atoms with E-state index >= 15 is 0 Å². The predicted octanol–water partition coefficient (Wildman–Crippen LogP) is 6.29. The van der Waals surface area contributed by atoms with E-state index in [-0.39, 0.29) is 0 Å². The van der Waals surface area contributed by atoms with Gasteiger partial charge in [-0.05, 0) is 74.4 Å². The third-order valence-corrected chi connectivity index (χ3v) is 5.51. The molecule has 1 heterocycles. The summed E-state index contributed by atoms with van der Waals surface area (Å²) in [6.07, 6.45) is 1.09. The minimum Gasteiger partial charge on any atom is -0.309 e. The smallest absolute Gasteiger partial charge is 0.0711 e. The highest BCUT2D eigenvalue weighted by Gasteiger charge is 2.16. The fourth-order valence-electron chi connectivity index (χ4n) is 4.05. The van der Waals surface area contributed by atoms with Crippen LogP contribution >= 0.6 is 0 Å². The van der Waals surface area contributed by atoms with E-state index < -0.39 is 0 Å². The summed E-state index contributed by atoms with van der Waals surface area (Å²) in [5, 5.41) is 1.23. The monoisotopic (exact) mass is 380 g/mol. The second kappa shape index (κ2) is 8.59. The summed E-state index contributed by atoms with van der Waals surface area (Å²) in [5.74, 6) is 0.368. The quantitative estimate of drug-likeness (QED) is 0.390. The molecule has 2 heteroatoms. The van der Waals surface area contributed by atoms with Crippen LogP contribution in [0.3, 0.4) is 0 Å². The summed E-state index contributed by atoms with van der Waals surface area (Å²) < 4.78 is 0. The first-order chi connectivity index (χ1) is 14.1. The highest BCUT2D eigenvalue weighted by Crippen LogP contribution is 2.34. The third-order valence-electron chi connectivity index (χ3n) is 5.51. The second-order valence-corrected chi connectivity index (χ2v) is 8.01. The maximum absolute atomic E-state index is 4.80. The van der Waals surface area contributed by atoms with Gasteiger partial charge in [-0.3, -0.25) is 4.98 Å². The standard InChI is InChI=1S/C27H28N2/c1-20-18-25(22-12-8-5-9-13-22)26-19-23(14-15-27(26)28-20)24(16-17-29(2)3)21-10-6-4-7-11-21/h4-15,18-19,24H,16-17H2,1-3H3. The molecule has 0 amide bonds. The van der Waals surface area contributed by atoms with Gasteiger partial charge in [-0.25, -0.2) is 0 Å². The number of rotatable bonds is 6. The molecular weight excluding hydrogens is 352 g/mol. The fraction of sp³-hybridized carbons (Fsp3) is 0.222. The van der Waals surface area contributed by atoms with Crippen molar-refractivity contribution < 1.29 is 0 Å². The Kier molecular flexibility index (Phi) is 5.73. The summed E-state index contributed by atoms with van der Waals surface area (Å²) in [4.78, 5) is 7.06. The van der Waals surface area contributed by atoms with E-state index in [4.69, 9.17) is 4.98 Å². The van der Waals surface area contributed by atoms with Crippen molar-refractivity contribution in [1.29, 1.82) is 0 Å². The lowest BCUT2D eigenvalue weighted by Crippen LogP contribution is -2.16. The summed E-state index contributed by atoms with van der Waals surface area (Å²) in [6.45, 7) is 3.12. The van der Waals surface area contributed by atoms with Gasteiger partial charge in [0.1, 0.15) is 0 Å². The van der Waals surface area contributed by atoms with E-state index in [1.54, 1.807) is 0 Å². The molecule has 29 heavy (non-hydrogen) atoms. The largest absolute Gasteiger partial charge is 0.309 e. The van der Waals surface area contributed by atoms with E-state index in [9.17, 15) is 0 Å². The second-order valence-electron chi connectivity index (χ2n) is 8.01. The van der Waals surface area contributed by atoms with Crippen molar-refractivity contribution in [2.45, 2.75) is 19.3 Å². The van der Waals surface area contributed by atoms with Gasteiger partial charge < -0.3 is 4.90 Å². The molecule has 0 bridgehead atoms. The lowest BCUT2D eigenvalue weighted by Gasteiger charge is -2.21. The minimum atomic E-state index is 0.368. The van der Waals surface area contributed by atoms with E-state index in [1.165, 1.54) is 27.6 Å². The van der Waals surface area contributed by atoms with Crippen LogP contribution in [0.15, 0.2) is 84.9 Å². The molecule has 4 aromatic rings. The summed E-state index contributed by atoms with van der Waals surface area (Å²) in [6, 6.07) is 30.5. The van der Waals surface area contributed by atoms with Crippen LogP contribution < -0.4 is 0 Å². The molecule has 2 nitrogen and oxygen atoms in total. The predicted molar refractivity (Wildman–Crippen MR) is 123 cm³/mol. The zero-order valence-electron chi connectivity index (χ0n) is 17.5. The van der Waals surface area contributed by atoms with Gasteiger partial charge in [-0.1, -0.05) is 66.7 Å². The van der Waals surface area contributed by atoms with Crippen molar-refractivity contribution in [3.8, 4) is 11.1 Å². The summed E-state index contributed by atoms with van der Waals surface area (Å²) in [5.41, 5.74) is 7.34. The minimum absolute atomic E-state index is 0.368. The first-order valence-electron chi connectivity index (χ1n) is 10.3. The molecule has 4 rings (SSSR count). The summed E-state index contributed by atoms with van der Waals surface area (Å²) in [7, 11) is 4.28. The Hall–Kier alpha value is -2.97. The molecule has 0 saturated heterocycles. The molecule has 1 unspecified atom stereocenters. The Labute approximate surface area is 173 Å². The van der Waals surface area contributed by atoms with Crippen molar-refractivity contribution in [2.75, 3.05) is 20.6 Å². The topological polar surface area (TPSA) is 16.1 Å². The van der Waals surface area contributed by atoms with Crippen molar-refractivity contribution >= 4 is 10.9 Å². The highest BCUT2D eigenvalue weighted by molar-refractivity contribution is 5.95. The van der Waals surface area contributed by atoms with Crippen LogP contribution in [0.1, 0.15) is 29.2 Å². The Bertz CT molecular complexity index is 1090. The van der Waals surface area contributed by atoms with Gasteiger partial charge in [0.05, 0.1) is 5.52 Å². The molecule has 0 spiro atoms. The molecule has 0 radical (unpaired) electrons. The SMILES string of the molecule is Cc1cc(-c2ccccc2)c2cc(C(CCN(C)C)c3ccccc3)ccc2n1. The van der Waals surface area contributed by atoms with Crippen LogP contribution in [0, 0.1) is 6.92 Å². The van der Waals surface area contributed by atoms with Crippen LogP contribution in [0.2, 0.25) is 0 Å². The first-order valence-corrected chi connectivity index (χ1v) is 10.3. The molecule has 1 aromatic heterocycles. The lowest BCUT2D eigenvalue weighted by atomic mass is 9.87. The van der Waals surface area contributed by atoms with Gasteiger partial charge in [0.2, 0.25) is 0 Å². The first kappa shape index (κ1) is 19.4. The highest BCUT2D eigenvalue weighted by atomic mass is 15.0. The molecule has 0 aliphatic carbocycles. The summed E-state index contributed by atoms with van der Waals surface area (Å²) >= 11 is 0. The van der Waals surface area contributed by atoms with Crippen LogP contribution in [-0.2, 0) is 0 Å². The third kappa shape index (κ3) is 4.38. The van der Waals surface area contributed by atoms with Crippen LogP contribution in [0.5, 0.6) is 0 Å². The van der Waals surface area contributed by atoms with Gasteiger partial charge >= 0.3 is 0 Å². The van der Waals surface area contributed by atoms with E-state index in [0.717, 1.165) is 24.2 Å². The Balaban J connectivity index is 1.85. The fourth-order valence-corrected chi connectivity index (χ4v) is 4.05. The van der Waals surface area contributed by atoms with Gasteiger partial charge in [0.25, 0.3) is 0 Å². The molecular formula is C27H28N2. The van der Waals surface area contributed by atoms with Gasteiger partial charge in [0, 0.05) is 17.0 Å². The average Bonchev–Trinajstić information content (AvgIpc) is 2.74. The number of fused-ring (bicyclic) bond motifs is 1. The van der Waals surface area contributed by atoms with Gasteiger partial charge in [-0.15, -0.1) is 0 Å². The molecule has 146 valence electrons. The van der Waals surface area contributed by atoms with Crippen LogP contribution in [0.25, 0.3) is 22.0 Å². The number of hydrogen-bond donors (Lipinski definition) is 0.